The van der Waals surface area contributed by atoms with Crippen molar-refractivity contribution in [2.75, 3.05) is 19.7 Å². The highest BCUT2D eigenvalue weighted by Crippen LogP contribution is 2.35. The first kappa shape index (κ1) is 8.96. The lowest BCUT2D eigenvalue weighted by atomic mass is 10.1. The van der Waals surface area contributed by atoms with Crippen LogP contribution in [0.5, 0.6) is 0 Å². The minimum absolute atomic E-state index is 0.106. The lowest BCUT2D eigenvalue weighted by Gasteiger charge is -2.45. The molecule has 3 fully saturated rings. The molecule has 0 aliphatic carbocycles. The van der Waals surface area contributed by atoms with Gasteiger partial charge in [0.2, 0.25) is 5.91 Å². The second-order valence-electron chi connectivity index (χ2n) is 3.44. The number of hydrogen-bond donors (Lipinski definition) is 1. The summed E-state index contributed by atoms with van der Waals surface area (Å²) in [7, 11) is -3.14. The molecule has 1 amide bonds. The number of aliphatic hydroxyl groups excluding tert-OH is 1. The van der Waals surface area contributed by atoms with E-state index in [0.29, 0.717) is 6.42 Å². The molecule has 0 saturated carbocycles. The fourth-order valence-corrected chi connectivity index (χ4v) is 3.78. The van der Waals surface area contributed by atoms with Gasteiger partial charge in [-0.3, -0.25) is 4.79 Å². The number of fused-ring (bicyclic) bond motifs is 2. The fourth-order valence-electron chi connectivity index (χ4n) is 1.90. The molecular weight excluding hydrogens is 194 g/mol. The van der Waals surface area contributed by atoms with Crippen LogP contribution in [-0.4, -0.2) is 54.5 Å². The predicted molar refractivity (Wildman–Crippen MR) is 44.8 cm³/mol. The monoisotopic (exact) mass is 205 g/mol. The van der Waals surface area contributed by atoms with Crippen LogP contribution in [0, 0.1) is 0 Å². The number of amides is 1. The molecule has 3 heterocycles. The van der Waals surface area contributed by atoms with Gasteiger partial charge in [-0.15, -0.1) is 0 Å². The molecule has 74 valence electrons. The zero-order valence-electron chi connectivity index (χ0n) is 7.01. The molecule has 0 spiro atoms. The van der Waals surface area contributed by atoms with E-state index >= 15 is 0 Å². The summed E-state index contributed by atoms with van der Waals surface area (Å²) in [5.41, 5.74) is 0. The first-order valence-electron chi connectivity index (χ1n) is 4.19. The minimum Gasteiger partial charge on any atom is -0.395 e. The molecule has 2 bridgehead atoms. The van der Waals surface area contributed by atoms with Gasteiger partial charge < -0.3 is 10.0 Å². The van der Waals surface area contributed by atoms with Crippen LogP contribution in [0.2, 0.25) is 0 Å². The standard InChI is InChI=1S/C7H11NO4S/c9-2-1-8-4-5-3-6(7(8)10)13(5,11)12/h5-6,9H,1-4H2. The van der Waals surface area contributed by atoms with Gasteiger partial charge in [0.1, 0.15) is 5.25 Å². The van der Waals surface area contributed by atoms with E-state index in [0.717, 1.165) is 0 Å². The molecule has 13 heavy (non-hydrogen) atoms. The third kappa shape index (κ3) is 1.08. The van der Waals surface area contributed by atoms with Crippen LogP contribution in [0.4, 0.5) is 0 Å². The molecular formula is C7H11NO4S. The van der Waals surface area contributed by atoms with Crippen LogP contribution in [0.15, 0.2) is 0 Å². The Labute approximate surface area is 76.3 Å². The van der Waals surface area contributed by atoms with Gasteiger partial charge in [0, 0.05) is 13.1 Å². The zero-order chi connectivity index (χ0) is 9.64. The molecule has 0 aromatic rings. The number of piperidine rings is 1. The van der Waals surface area contributed by atoms with Crippen molar-refractivity contribution >= 4 is 15.7 Å². The number of aliphatic hydroxyl groups is 1. The molecule has 1 N–H and O–H groups in total. The zero-order valence-corrected chi connectivity index (χ0v) is 7.83. The van der Waals surface area contributed by atoms with Gasteiger partial charge in [0.05, 0.1) is 11.9 Å². The number of rotatable bonds is 2. The smallest absolute Gasteiger partial charge is 0.241 e. The number of sulfone groups is 1. The van der Waals surface area contributed by atoms with Gasteiger partial charge in [0.15, 0.2) is 9.84 Å². The van der Waals surface area contributed by atoms with Crippen molar-refractivity contribution in [2.45, 2.75) is 16.9 Å². The number of nitrogens with zero attached hydrogens (tertiary/aromatic N) is 1. The van der Waals surface area contributed by atoms with Crippen molar-refractivity contribution in [1.82, 2.24) is 4.90 Å². The Hall–Kier alpha value is -0.620. The van der Waals surface area contributed by atoms with E-state index in [2.05, 4.69) is 0 Å². The third-order valence-corrected chi connectivity index (χ3v) is 5.18. The Balaban J connectivity index is 2.17. The number of hydrogen-bond acceptors (Lipinski definition) is 4. The maximum absolute atomic E-state index is 11.4. The summed E-state index contributed by atoms with van der Waals surface area (Å²) >= 11 is 0. The van der Waals surface area contributed by atoms with Gasteiger partial charge >= 0.3 is 0 Å². The Bertz CT molecular complexity index is 336. The maximum atomic E-state index is 11.4. The summed E-state index contributed by atoms with van der Waals surface area (Å²) in [6, 6.07) is 0. The van der Waals surface area contributed by atoms with Gasteiger partial charge in [-0.1, -0.05) is 0 Å². The van der Waals surface area contributed by atoms with Crippen molar-refractivity contribution in [3.05, 3.63) is 0 Å². The highest BCUT2D eigenvalue weighted by atomic mass is 32.2. The number of carbonyl (C=O) groups is 1. The first-order chi connectivity index (χ1) is 6.07. The molecule has 3 aliphatic heterocycles. The first-order valence-corrected chi connectivity index (χ1v) is 5.80. The van der Waals surface area contributed by atoms with Gasteiger partial charge in [-0.25, -0.2) is 8.42 Å². The molecule has 5 nitrogen and oxygen atoms in total. The van der Waals surface area contributed by atoms with E-state index in [1.54, 1.807) is 0 Å². The normalized spacial score (nSPS) is 35.8. The Morgan fingerprint density at radius 1 is 1.54 bits per heavy atom. The Morgan fingerprint density at radius 3 is 2.69 bits per heavy atom. The summed E-state index contributed by atoms with van der Waals surface area (Å²) < 4.78 is 22.6. The second-order valence-corrected chi connectivity index (χ2v) is 5.86. The van der Waals surface area contributed by atoms with Crippen LogP contribution in [0.25, 0.3) is 0 Å². The van der Waals surface area contributed by atoms with Crippen molar-refractivity contribution in [2.24, 2.45) is 0 Å². The summed E-state index contributed by atoms with van der Waals surface area (Å²) in [5, 5.41) is 7.44. The average molecular weight is 205 g/mol. The summed E-state index contributed by atoms with van der Waals surface area (Å²) in [5.74, 6) is -0.337. The number of carbonyl (C=O) groups excluding carboxylic acids is 1. The van der Waals surface area contributed by atoms with Crippen molar-refractivity contribution < 1.29 is 18.3 Å². The third-order valence-electron chi connectivity index (χ3n) is 2.72. The van der Waals surface area contributed by atoms with Gasteiger partial charge in [-0.2, -0.15) is 0 Å². The van der Waals surface area contributed by atoms with E-state index in [1.165, 1.54) is 4.90 Å². The average Bonchev–Trinajstić information content (AvgIpc) is 2.08. The van der Waals surface area contributed by atoms with Crippen molar-refractivity contribution in [3.63, 3.8) is 0 Å². The molecule has 2 atom stereocenters. The van der Waals surface area contributed by atoms with Crippen molar-refractivity contribution in [3.8, 4) is 0 Å². The minimum atomic E-state index is -3.14. The molecule has 6 heteroatoms. The lowest BCUT2D eigenvalue weighted by molar-refractivity contribution is -0.134. The topological polar surface area (TPSA) is 74.7 Å². The Kier molecular flexibility index (Phi) is 1.85. The van der Waals surface area contributed by atoms with Crippen LogP contribution < -0.4 is 0 Å². The maximum Gasteiger partial charge on any atom is 0.241 e. The van der Waals surface area contributed by atoms with E-state index in [9.17, 15) is 13.2 Å². The van der Waals surface area contributed by atoms with Crippen LogP contribution in [-0.2, 0) is 14.6 Å². The molecule has 3 saturated heterocycles. The van der Waals surface area contributed by atoms with E-state index < -0.39 is 15.1 Å². The van der Waals surface area contributed by atoms with E-state index in [-0.39, 0.29) is 30.9 Å². The van der Waals surface area contributed by atoms with Gasteiger partial charge in [-0.05, 0) is 6.42 Å². The largest absolute Gasteiger partial charge is 0.395 e. The van der Waals surface area contributed by atoms with Crippen molar-refractivity contribution in [1.29, 1.82) is 0 Å². The molecule has 0 radical (unpaired) electrons. The predicted octanol–water partition coefficient (Wildman–Crippen LogP) is -1.62. The molecule has 0 aromatic carbocycles. The van der Waals surface area contributed by atoms with Crippen LogP contribution in [0.1, 0.15) is 6.42 Å². The molecule has 2 unspecified atom stereocenters. The molecule has 3 rings (SSSR count). The van der Waals surface area contributed by atoms with Gasteiger partial charge in [0.25, 0.3) is 0 Å². The fraction of sp³-hybridized carbons (Fsp3) is 0.857. The molecule has 3 aliphatic rings. The highest BCUT2D eigenvalue weighted by molar-refractivity contribution is 7.95. The summed E-state index contributed by atoms with van der Waals surface area (Å²) in [6.45, 7) is 0.408. The van der Waals surface area contributed by atoms with Crippen LogP contribution in [0.3, 0.4) is 0 Å². The van der Waals surface area contributed by atoms with E-state index in [4.69, 9.17) is 5.11 Å². The van der Waals surface area contributed by atoms with E-state index in [1.807, 2.05) is 0 Å². The van der Waals surface area contributed by atoms with Crippen LogP contribution >= 0.6 is 0 Å². The highest BCUT2D eigenvalue weighted by Gasteiger charge is 2.56. The SMILES string of the molecule is O=C1C2CC(CN1CCO)S2(=O)=O. The second kappa shape index (κ2) is 2.68. The lowest BCUT2D eigenvalue weighted by Crippen LogP contribution is -2.65. The summed E-state index contributed by atoms with van der Waals surface area (Å²) in [4.78, 5) is 12.8. The molecule has 0 aromatic heterocycles. The summed E-state index contributed by atoms with van der Waals surface area (Å²) in [6.07, 6.45) is 0.475. The quantitative estimate of drug-likeness (QED) is 0.587. The Morgan fingerprint density at radius 2 is 2.23 bits per heavy atom.